The predicted octanol–water partition coefficient (Wildman–Crippen LogP) is 6.41. The third kappa shape index (κ3) is 6.28. The van der Waals surface area contributed by atoms with Gasteiger partial charge in [0.05, 0.1) is 5.69 Å². The van der Waals surface area contributed by atoms with Gasteiger partial charge in [0.25, 0.3) is 0 Å². The Hall–Kier alpha value is -1.68. The van der Waals surface area contributed by atoms with Crippen LogP contribution in [0.15, 0.2) is 29.6 Å². The van der Waals surface area contributed by atoms with E-state index < -0.39 is 0 Å². The molecule has 136 valence electrons. The van der Waals surface area contributed by atoms with Crippen molar-refractivity contribution in [2.45, 2.75) is 71.6 Å². The van der Waals surface area contributed by atoms with E-state index in [9.17, 15) is 4.79 Å². The number of rotatable bonds is 8. The van der Waals surface area contributed by atoms with Gasteiger partial charge in [-0.1, -0.05) is 77.6 Å². The first-order valence-electron chi connectivity index (χ1n) is 9.26. The average Bonchev–Trinajstić information content (AvgIpc) is 3.02. The molecule has 1 N–H and O–H groups in total. The number of aromatic nitrogens is 1. The number of unbranched alkanes of at least 4 members (excludes halogenated alkanes) is 4. The molecule has 3 nitrogen and oxygen atoms in total. The summed E-state index contributed by atoms with van der Waals surface area (Å²) in [5.41, 5.74) is 3.47. The Morgan fingerprint density at radius 2 is 1.76 bits per heavy atom. The number of carbonyl (C=O) groups is 1. The molecule has 0 aliphatic rings. The Bertz CT molecular complexity index is 668. The van der Waals surface area contributed by atoms with Crippen molar-refractivity contribution in [3.8, 4) is 11.3 Å². The summed E-state index contributed by atoms with van der Waals surface area (Å²) in [4.78, 5) is 16.6. The Labute approximate surface area is 155 Å². The van der Waals surface area contributed by atoms with Gasteiger partial charge in [-0.05, 0) is 17.4 Å². The van der Waals surface area contributed by atoms with Crippen molar-refractivity contribution in [3.63, 3.8) is 0 Å². The molecular weight excluding hydrogens is 328 g/mol. The number of hydrogen-bond donors (Lipinski definition) is 1. The molecule has 0 saturated heterocycles. The van der Waals surface area contributed by atoms with E-state index >= 15 is 0 Å². The largest absolute Gasteiger partial charge is 0.302 e. The topological polar surface area (TPSA) is 42.0 Å². The van der Waals surface area contributed by atoms with Crippen molar-refractivity contribution in [1.29, 1.82) is 0 Å². The van der Waals surface area contributed by atoms with Gasteiger partial charge in [-0.2, -0.15) is 0 Å². The lowest BCUT2D eigenvalue weighted by atomic mass is 9.86. The number of anilines is 1. The average molecular weight is 359 g/mol. The van der Waals surface area contributed by atoms with E-state index in [4.69, 9.17) is 0 Å². The molecule has 1 amide bonds. The molecule has 1 heterocycles. The maximum absolute atomic E-state index is 12.0. The molecule has 1 aromatic carbocycles. The summed E-state index contributed by atoms with van der Waals surface area (Å²) in [5, 5.41) is 5.62. The normalized spacial score (nSPS) is 11.5. The van der Waals surface area contributed by atoms with Gasteiger partial charge in [-0.25, -0.2) is 4.98 Å². The zero-order chi connectivity index (χ0) is 18.3. The van der Waals surface area contributed by atoms with Gasteiger partial charge in [0, 0.05) is 17.4 Å². The lowest BCUT2D eigenvalue weighted by molar-refractivity contribution is -0.116. The highest BCUT2D eigenvalue weighted by atomic mass is 32.1. The molecular formula is C21H30N2OS. The van der Waals surface area contributed by atoms with Gasteiger partial charge in [0.1, 0.15) is 0 Å². The summed E-state index contributed by atoms with van der Waals surface area (Å²) in [6, 6.07) is 8.52. The Kier molecular flexibility index (Phi) is 7.18. The van der Waals surface area contributed by atoms with Gasteiger partial charge in [-0.3, -0.25) is 4.79 Å². The molecule has 0 saturated carbocycles. The number of benzene rings is 1. The molecule has 4 heteroatoms. The fraction of sp³-hybridized carbons (Fsp3) is 0.524. The summed E-state index contributed by atoms with van der Waals surface area (Å²) in [6.45, 7) is 8.83. The van der Waals surface area contributed by atoms with Crippen LogP contribution < -0.4 is 5.32 Å². The second-order valence-electron chi connectivity index (χ2n) is 7.58. The first-order chi connectivity index (χ1) is 11.9. The van der Waals surface area contributed by atoms with Crippen molar-refractivity contribution in [1.82, 2.24) is 4.98 Å². The highest BCUT2D eigenvalue weighted by molar-refractivity contribution is 7.14. The Morgan fingerprint density at radius 3 is 2.40 bits per heavy atom. The summed E-state index contributed by atoms with van der Waals surface area (Å²) >= 11 is 1.49. The third-order valence-electron chi connectivity index (χ3n) is 4.30. The van der Waals surface area contributed by atoms with Gasteiger partial charge in [-0.15, -0.1) is 11.3 Å². The number of nitrogens with zero attached hydrogens (tertiary/aromatic N) is 1. The second kappa shape index (κ2) is 9.14. The monoisotopic (exact) mass is 358 g/mol. The van der Waals surface area contributed by atoms with Crippen LogP contribution >= 0.6 is 11.3 Å². The SMILES string of the molecule is CCCCCCCC(=O)Nc1nc(-c2ccc(C(C)(C)C)cc2)cs1. The fourth-order valence-corrected chi connectivity index (χ4v) is 3.41. The molecule has 0 radical (unpaired) electrons. The molecule has 0 unspecified atom stereocenters. The molecule has 0 bridgehead atoms. The van der Waals surface area contributed by atoms with Crippen LogP contribution in [0.3, 0.4) is 0 Å². The second-order valence-corrected chi connectivity index (χ2v) is 8.44. The van der Waals surface area contributed by atoms with Gasteiger partial charge >= 0.3 is 0 Å². The van der Waals surface area contributed by atoms with Crippen molar-refractivity contribution in [2.24, 2.45) is 0 Å². The van der Waals surface area contributed by atoms with Crippen LogP contribution in [0, 0.1) is 0 Å². The van der Waals surface area contributed by atoms with E-state index in [1.807, 2.05) is 5.38 Å². The number of nitrogens with one attached hydrogen (secondary N) is 1. The fourth-order valence-electron chi connectivity index (χ4n) is 2.68. The standard InChI is InChI=1S/C21H30N2OS/c1-5-6-7-8-9-10-19(24)23-20-22-18(15-25-20)16-11-13-17(14-12-16)21(2,3)4/h11-15H,5-10H2,1-4H3,(H,22,23,24). The third-order valence-corrected chi connectivity index (χ3v) is 5.06. The molecule has 0 spiro atoms. The van der Waals surface area contributed by atoms with E-state index in [0.29, 0.717) is 11.6 Å². The zero-order valence-corrected chi connectivity index (χ0v) is 16.7. The molecule has 2 rings (SSSR count). The van der Waals surface area contributed by atoms with E-state index in [1.165, 1.54) is 36.2 Å². The van der Waals surface area contributed by atoms with E-state index in [1.54, 1.807) is 0 Å². The summed E-state index contributed by atoms with van der Waals surface area (Å²) in [6.07, 6.45) is 6.37. The van der Waals surface area contributed by atoms with E-state index in [2.05, 4.69) is 62.3 Å². The summed E-state index contributed by atoms with van der Waals surface area (Å²) in [5.74, 6) is 0.0699. The summed E-state index contributed by atoms with van der Waals surface area (Å²) in [7, 11) is 0. The number of amides is 1. The predicted molar refractivity (Wildman–Crippen MR) is 108 cm³/mol. The lowest BCUT2D eigenvalue weighted by Gasteiger charge is -2.18. The molecule has 0 fully saturated rings. The van der Waals surface area contributed by atoms with Crippen LogP contribution in [0.4, 0.5) is 5.13 Å². The van der Waals surface area contributed by atoms with Crippen LogP contribution in [0.1, 0.15) is 71.8 Å². The summed E-state index contributed by atoms with van der Waals surface area (Å²) < 4.78 is 0. The van der Waals surface area contributed by atoms with Crippen LogP contribution in [0.5, 0.6) is 0 Å². The number of hydrogen-bond acceptors (Lipinski definition) is 3. The first-order valence-corrected chi connectivity index (χ1v) is 10.1. The van der Waals surface area contributed by atoms with Gasteiger partial charge < -0.3 is 5.32 Å². The van der Waals surface area contributed by atoms with Crippen molar-refractivity contribution >= 4 is 22.4 Å². The zero-order valence-electron chi connectivity index (χ0n) is 15.9. The van der Waals surface area contributed by atoms with Crippen LogP contribution in [0.25, 0.3) is 11.3 Å². The quantitative estimate of drug-likeness (QED) is 0.554. The number of thiazole rings is 1. The lowest BCUT2D eigenvalue weighted by Crippen LogP contribution is -2.11. The molecule has 0 aliphatic heterocycles. The van der Waals surface area contributed by atoms with E-state index in [0.717, 1.165) is 24.1 Å². The van der Waals surface area contributed by atoms with Gasteiger partial charge in [0.2, 0.25) is 5.91 Å². The van der Waals surface area contributed by atoms with Crippen LogP contribution in [-0.4, -0.2) is 10.9 Å². The van der Waals surface area contributed by atoms with Gasteiger partial charge in [0.15, 0.2) is 5.13 Å². The molecule has 1 aromatic heterocycles. The van der Waals surface area contributed by atoms with E-state index in [-0.39, 0.29) is 11.3 Å². The first kappa shape index (κ1) is 19.6. The molecule has 0 atom stereocenters. The molecule has 2 aromatic rings. The minimum Gasteiger partial charge on any atom is -0.302 e. The highest BCUT2D eigenvalue weighted by Gasteiger charge is 2.14. The molecule has 0 aliphatic carbocycles. The molecule has 25 heavy (non-hydrogen) atoms. The smallest absolute Gasteiger partial charge is 0.226 e. The Morgan fingerprint density at radius 1 is 1.08 bits per heavy atom. The number of carbonyl (C=O) groups excluding carboxylic acids is 1. The van der Waals surface area contributed by atoms with Crippen molar-refractivity contribution in [2.75, 3.05) is 5.32 Å². The minimum absolute atomic E-state index is 0.0699. The highest BCUT2D eigenvalue weighted by Crippen LogP contribution is 2.28. The van der Waals surface area contributed by atoms with Crippen LogP contribution in [0.2, 0.25) is 0 Å². The van der Waals surface area contributed by atoms with Crippen molar-refractivity contribution in [3.05, 3.63) is 35.2 Å². The maximum atomic E-state index is 12.0. The maximum Gasteiger partial charge on any atom is 0.226 e. The Balaban J connectivity index is 1.88. The van der Waals surface area contributed by atoms with Crippen LogP contribution in [-0.2, 0) is 10.2 Å². The minimum atomic E-state index is 0.0699. The van der Waals surface area contributed by atoms with Crippen molar-refractivity contribution < 1.29 is 4.79 Å².